The van der Waals surface area contributed by atoms with Gasteiger partial charge in [-0.05, 0) is 26.0 Å². The zero-order chi connectivity index (χ0) is 14.0. The van der Waals surface area contributed by atoms with Crippen molar-refractivity contribution in [3.8, 4) is 5.88 Å². The molecular weight excluding hydrogens is 254 g/mol. The maximum absolute atomic E-state index is 5.95. The van der Waals surface area contributed by atoms with Crippen LogP contribution in [0.3, 0.4) is 0 Å². The van der Waals surface area contributed by atoms with Gasteiger partial charge in [0.25, 0.3) is 0 Å². The monoisotopic (exact) mass is 273 g/mol. The van der Waals surface area contributed by atoms with Gasteiger partial charge in [-0.2, -0.15) is 0 Å². The number of rotatable bonds is 3. The molecule has 1 aliphatic heterocycles. The molecule has 1 saturated heterocycles. The molecule has 1 aromatic heterocycles. The summed E-state index contributed by atoms with van der Waals surface area (Å²) in [6, 6.07) is 7.75. The molecular formula is C15H19N3O2. The van der Waals surface area contributed by atoms with E-state index in [0.717, 1.165) is 24.1 Å². The first-order valence-corrected chi connectivity index (χ1v) is 6.85. The summed E-state index contributed by atoms with van der Waals surface area (Å²) in [5.74, 6) is 0.538. The van der Waals surface area contributed by atoms with Crippen molar-refractivity contribution in [1.82, 2.24) is 15.3 Å². The first-order valence-electron chi connectivity index (χ1n) is 6.85. The number of aromatic nitrogens is 2. The lowest BCUT2D eigenvalue weighted by molar-refractivity contribution is -0.107. The van der Waals surface area contributed by atoms with Gasteiger partial charge in [0.1, 0.15) is 12.7 Å². The molecule has 1 N–H and O–H groups in total. The van der Waals surface area contributed by atoms with Gasteiger partial charge in [-0.15, -0.1) is 0 Å². The summed E-state index contributed by atoms with van der Waals surface area (Å²) >= 11 is 0. The summed E-state index contributed by atoms with van der Waals surface area (Å²) in [4.78, 5) is 8.76. The van der Waals surface area contributed by atoms with E-state index < -0.39 is 0 Å². The minimum Gasteiger partial charge on any atom is -0.474 e. The van der Waals surface area contributed by atoms with Crippen LogP contribution in [0.1, 0.15) is 13.8 Å². The van der Waals surface area contributed by atoms with Crippen molar-refractivity contribution in [1.29, 1.82) is 0 Å². The normalized spacial score (nSPS) is 21.8. The molecule has 5 nitrogen and oxygen atoms in total. The molecule has 2 heterocycles. The van der Waals surface area contributed by atoms with Crippen molar-refractivity contribution >= 4 is 11.0 Å². The second-order valence-electron chi connectivity index (χ2n) is 5.64. The lowest BCUT2D eigenvalue weighted by Crippen LogP contribution is -2.52. The Hall–Kier alpha value is -1.72. The van der Waals surface area contributed by atoms with Gasteiger partial charge in [-0.3, -0.25) is 0 Å². The number of morpholine rings is 1. The van der Waals surface area contributed by atoms with Crippen molar-refractivity contribution in [3.05, 3.63) is 30.5 Å². The minimum atomic E-state index is -0.151. The lowest BCUT2D eigenvalue weighted by Gasteiger charge is -2.36. The van der Waals surface area contributed by atoms with E-state index in [2.05, 4.69) is 29.1 Å². The van der Waals surface area contributed by atoms with Gasteiger partial charge >= 0.3 is 0 Å². The Balaban J connectivity index is 1.65. The summed E-state index contributed by atoms with van der Waals surface area (Å²) in [7, 11) is 0. The highest BCUT2D eigenvalue weighted by atomic mass is 16.6. The molecule has 0 amide bonds. The highest BCUT2D eigenvalue weighted by Crippen LogP contribution is 2.17. The van der Waals surface area contributed by atoms with E-state index in [1.165, 1.54) is 0 Å². The smallest absolute Gasteiger partial charge is 0.232 e. The van der Waals surface area contributed by atoms with Gasteiger partial charge in [0.15, 0.2) is 0 Å². The van der Waals surface area contributed by atoms with Crippen LogP contribution in [0, 0.1) is 0 Å². The van der Waals surface area contributed by atoms with Crippen molar-refractivity contribution in [2.24, 2.45) is 0 Å². The Morgan fingerprint density at radius 1 is 1.35 bits per heavy atom. The van der Waals surface area contributed by atoms with Crippen molar-refractivity contribution in [2.75, 3.05) is 19.7 Å². The lowest BCUT2D eigenvalue weighted by atomic mass is 10.1. The maximum atomic E-state index is 5.95. The number of hydrogen-bond donors (Lipinski definition) is 1. The summed E-state index contributed by atoms with van der Waals surface area (Å²) in [5, 5.41) is 3.35. The van der Waals surface area contributed by atoms with Gasteiger partial charge in [-0.25, -0.2) is 9.97 Å². The van der Waals surface area contributed by atoms with Crippen LogP contribution in [0.25, 0.3) is 11.0 Å². The van der Waals surface area contributed by atoms with Crippen LogP contribution in [-0.4, -0.2) is 41.4 Å². The van der Waals surface area contributed by atoms with Crippen molar-refractivity contribution < 1.29 is 9.47 Å². The van der Waals surface area contributed by atoms with E-state index in [-0.39, 0.29) is 11.7 Å². The molecule has 106 valence electrons. The summed E-state index contributed by atoms with van der Waals surface area (Å²) in [5.41, 5.74) is 1.56. The van der Waals surface area contributed by atoms with E-state index in [4.69, 9.17) is 9.47 Å². The fraction of sp³-hybridized carbons (Fsp3) is 0.467. The molecule has 1 fully saturated rings. The minimum absolute atomic E-state index is 0.0343. The molecule has 1 unspecified atom stereocenters. The Morgan fingerprint density at radius 2 is 2.15 bits per heavy atom. The van der Waals surface area contributed by atoms with Gasteiger partial charge < -0.3 is 14.8 Å². The van der Waals surface area contributed by atoms with Gasteiger partial charge in [0, 0.05) is 13.1 Å². The number of nitrogens with zero attached hydrogens (tertiary/aromatic N) is 2. The van der Waals surface area contributed by atoms with Crippen molar-refractivity contribution in [2.45, 2.75) is 25.6 Å². The van der Waals surface area contributed by atoms with Crippen LogP contribution in [0.5, 0.6) is 5.88 Å². The Labute approximate surface area is 118 Å². The molecule has 1 atom stereocenters. The van der Waals surface area contributed by atoms with Gasteiger partial charge in [0.2, 0.25) is 5.88 Å². The molecule has 1 aromatic carbocycles. The van der Waals surface area contributed by atoms with Crippen molar-refractivity contribution in [3.63, 3.8) is 0 Å². The third-order valence-corrected chi connectivity index (χ3v) is 3.25. The van der Waals surface area contributed by atoms with E-state index in [0.29, 0.717) is 12.5 Å². The fourth-order valence-corrected chi connectivity index (χ4v) is 2.35. The molecule has 5 heteroatoms. The van der Waals surface area contributed by atoms with Gasteiger partial charge in [0.05, 0.1) is 22.8 Å². The molecule has 3 rings (SSSR count). The number of ether oxygens (including phenoxy) is 2. The van der Waals surface area contributed by atoms with Crippen LogP contribution in [-0.2, 0) is 4.74 Å². The summed E-state index contributed by atoms with van der Waals surface area (Å²) in [6.45, 7) is 6.27. The molecule has 0 saturated carbocycles. The van der Waals surface area contributed by atoms with E-state index in [1.807, 2.05) is 24.3 Å². The second-order valence-corrected chi connectivity index (χ2v) is 5.64. The first kappa shape index (κ1) is 13.3. The topological polar surface area (TPSA) is 56.3 Å². The van der Waals surface area contributed by atoms with Crippen LogP contribution >= 0.6 is 0 Å². The quantitative estimate of drug-likeness (QED) is 0.923. The highest BCUT2D eigenvalue weighted by molar-refractivity contribution is 5.73. The standard InChI is InChI=1S/C15H19N3O2/c1-15(2)10-16-7-11(20-15)9-19-14-8-17-12-5-3-4-6-13(12)18-14/h3-6,8,11,16H,7,9-10H2,1-2H3. The Bertz CT molecular complexity index is 600. The molecule has 0 radical (unpaired) electrons. The predicted octanol–water partition coefficient (Wildman–Crippen LogP) is 1.78. The number of benzene rings is 1. The average Bonchev–Trinajstić information content (AvgIpc) is 2.44. The van der Waals surface area contributed by atoms with E-state index in [9.17, 15) is 0 Å². The molecule has 0 bridgehead atoms. The molecule has 0 spiro atoms. The van der Waals surface area contributed by atoms with Crippen LogP contribution in [0.4, 0.5) is 0 Å². The number of nitrogens with one attached hydrogen (secondary N) is 1. The first-order chi connectivity index (χ1) is 9.62. The Morgan fingerprint density at radius 3 is 2.95 bits per heavy atom. The third-order valence-electron chi connectivity index (χ3n) is 3.25. The summed E-state index contributed by atoms with van der Waals surface area (Å²) < 4.78 is 11.7. The molecule has 1 aliphatic rings. The summed E-state index contributed by atoms with van der Waals surface area (Å²) in [6.07, 6.45) is 1.69. The van der Waals surface area contributed by atoms with Gasteiger partial charge in [-0.1, -0.05) is 12.1 Å². The number of hydrogen-bond acceptors (Lipinski definition) is 5. The molecule has 2 aromatic rings. The van der Waals surface area contributed by atoms with Crippen LogP contribution < -0.4 is 10.1 Å². The maximum Gasteiger partial charge on any atom is 0.232 e. The molecule has 20 heavy (non-hydrogen) atoms. The number of fused-ring (bicyclic) bond motifs is 1. The highest BCUT2D eigenvalue weighted by Gasteiger charge is 2.28. The van der Waals surface area contributed by atoms with E-state index in [1.54, 1.807) is 6.20 Å². The van der Waals surface area contributed by atoms with E-state index >= 15 is 0 Å². The zero-order valence-electron chi connectivity index (χ0n) is 11.8. The Kier molecular flexibility index (Phi) is 3.54. The third kappa shape index (κ3) is 3.05. The molecule has 0 aliphatic carbocycles. The zero-order valence-corrected chi connectivity index (χ0v) is 11.8. The second kappa shape index (κ2) is 5.34. The fourth-order valence-electron chi connectivity index (χ4n) is 2.35. The van der Waals surface area contributed by atoms with Crippen LogP contribution in [0.15, 0.2) is 30.5 Å². The number of para-hydroxylation sites is 2. The SMILES string of the molecule is CC1(C)CNCC(COc2cnc3ccccc3n2)O1. The predicted molar refractivity (Wildman–Crippen MR) is 76.9 cm³/mol. The van der Waals surface area contributed by atoms with Crippen LogP contribution in [0.2, 0.25) is 0 Å². The largest absolute Gasteiger partial charge is 0.474 e. The average molecular weight is 273 g/mol.